The normalized spacial score (nSPS) is 15.5. The second-order valence-electron chi connectivity index (χ2n) is 6.07. The maximum atomic E-state index is 12.3. The number of nitrogens with one attached hydrogen (secondary N) is 1. The average molecular weight is 337 g/mol. The first-order valence-electron chi connectivity index (χ1n) is 8.40. The number of piperidine rings is 1. The molecule has 126 valence electrons. The Kier molecular flexibility index (Phi) is 6.90. The van der Waals surface area contributed by atoms with Gasteiger partial charge >= 0.3 is 0 Å². The zero-order chi connectivity index (χ0) is 16.7. The fourth-order valence-corrected chi connectivity index (χ4v) is 3.05. The Morgan fingerprint density at radius 3 is 2.61 bits per heavy atom. The van der Waals surface area contributed by atoms with Crippen LogP contribution in [0, 0.1) is 5.92 Å². The Labute approximate surface area is 143 Å². The number of amides is 2. The molecule has 0 aromatic heterocycles. The molecule has 1 aromatic rings. The summed E-state index contributed by atoms with van der Waals surface area (Å²) in [6.07, 6.45) is 4.09. The Bertz CT molecular complexity index is 540. The Morgan fingerprint density at radius 2 is 1.96 bits per heavy atom. The first-order chi connectivity index (χ1) is 11.1. The van der Waals surface area contributed by atoms with Crippen molar-refractivity contribution in [2.45, 2.75) is 45.6 Å². The SMILES string of the molecule is CCCCC(=O)N1CCC(C(=O)NCc2ccccc2Cl)CC1. The van der Waals surface area contributed by atoms with Crippen LogP contribution in [-0.4, -0.2) is 29.8 Å². The third-order valence-electron chi connectivity index (χ3n) is 4.37. The van der Waals surface area contributed by atoms with Crippen molar-refractivity contribution in [2.24, 2.45) is 5.92 Å². The van der Waals surface area contributed by atoms with E-state index < -0.39 is 0 Å². The fourth-order valence-electron chi connectivity index (χ4n) is 2.85. The van der Waals surface area contributed by atoms with Crippen LogP contribution in [0.5, 0.6) is 0 Å². The number of benzene rings is 1. The minimum atomic E-state index is -0.00675. The summed E-state index contributed by atoms with van der Waals surface area (Å²) >= 11 is 6.09. The van der Waals surface area contributed by atoms with Crippen molar-refractivity contribution in [3.63, 3.8) is 0 Å². The number of carbonyl (C=O) groups excluding carboxylic acids is 2. The van der Waals surface area contributed by atoms with Gasteiger partial charge in [-0.25, -0.2) is 0 Å². The molecule has 1 aliphatic rings. The summed E-state index contributed by atoms with van der Waals surface area (Å²) in [5.41, 5.74) is 0.926. The zero-order valence-corrected chi connectivity index (χ0v) is 14.4. The molecule has 1 fully saturated rings. The van der Waals surface area contributed by atoms with Crippen LogP contribution in [0.4, 0.5) is 0 Å². The van der Waals surface area contributed by atoms with E-state index in [1.54, 1.807) is 0 Å². The van der Waals surface area contributed by atoms with E-state index in [4.69, 9.17) is 11.6 Å². The lowest BCUT2D eigenvalue weighted by atomic mass is 9.95. The molecule has 5 heteroatoms. The summed E-state index contributed by atoms with van der Waals surface area (Å²) in [5, 5.41) is 3.63. The van der Waals surface area contributed by atoms with Crippen LogP contribution in [0.25, 0.3) is 0 Å². The van der Waals surface area contributed by atoms with Gasteiger partial charge in [0.05, 0.1) is 0 Å². The number of hydrogen-bond acceptors (Lipinski definition) is 2. The van der Waals surface area contributed by atoms with Gasteiger partial charge in [-0.15, -0.1) is 0 Å². The second kappa shape index (κ2) is 8.92. The maximum Gasteiger partial charge on any atom is 0.223 e. The molecule has 1 aromatic carbocycles. The molecule has 2 rings (SSSR count). The van der Waals surface area contributed by atoms with Crippen molar-refractivity contribution in [3.8, 4) is 0 Å². The van der Waals surface area contributed by atoms with Gasteiger partial charge in [0.15, 0.2) is 0 Å². The lowest BCUT2D eigenvalue weighted by molar-refractivity contribution is -0.135. The quantitative estimate of drug-likeness (QED) is 0.865. The second-order valence-corrected chi connectivity index (χ2v) is 6.48. The van der Waals surface area contributed by atoms with Gasteiger partial charge in [0.25, 0.3) is 0 Å². The summed E-state index contributed by atoms with van der Waals surface area (Å²) in [4.78, 5) is 26.2. The molecule has 1 saturated heterocycles. The lowest BCUT2D eigenvalue weighted by Gasteiger charge is -2.31. The van der Waals surface area contributed by atoms with Crippen LogP contribution in [0.1, 0.15) is 44.6 Å². The van der Waals surface area contributed by atoms with Crippen molar-refractivity contribution >= 4 is 23.4 Å². The first-order valence-corrected chi connectivity index (χ1v) is 8.78. The molecule has 0 unspecified atom stereocenters. The van der Waals surface area contributed by atoms with Crippen LogP contribution in [-0.2, 0) is 16.1 Å². The van der Waals surface area contributed by atoms with Crippen LogP contribution in [0.3, 0.4) is 0 Å². The molecule has 0 atom stereocenters. The highest BCUT2D eigenvalue weighted by molar-refractivity contribution is 6.31. The van der Waals surface area contributed by atoms with Crippen LogP contribution >= 0.6 is 11.6 Å². The van der Waals surface area contributed by atoms with E-state index in [0.29, 0.717) is 31.1 Å². The van der Waals surface area contributed by atoms with Crippen molar-refractivity contribution in [1.29, 1.82) is 0 Å². The van der Waals surface area contributed by atoms with Gasteiger partial charge in [-0.2, -0.15) is 0 Å². The zero-order valence-electron chi connectivity index (χ0n) is 13.7. The van der Waals surface area contributed by atoms with Crippen molar-refractivity contribution in [3.05, 3.63) is 34.9 Å². The number of carbonyl (C=O) groups is 2. The Morgan fingerprint density at radius 1 is 1.26 bits per heavy atom. The standard InChI is InChI=1S/C18H25ClN2O2/c1-2-3-8-17(22)21-11-9-14(10-12-21)18(23)20-13-15-6-4-5-7-16(15)19/h4-7,14H,2-3,8-13H2,1H3,(H,20,23). The van der Waals surface area contributed by atoms with E-state index in [2.05, 4.69) is 12.2 Å². The molecular formula is C18H25ClN2O2. The summed E-state index contributed by atoms with van der Waals surface area (Å²) in [7, 11) is 0. The molecule has 2 amide bonds. The third kappa shape index (κ3) is 5.24. The molecule has 0 aliphatic carbocycles. The van der Waals surface area contributed by atoms with Gasteiger partial charge in [-0.05, 0) is 30.9 Å². The molecule has 1 N–H and O–H groups in total. The number of unbranched alkanes of at least 4 members (excludes halogenated alkanes) is 1. The molecule has 23 heavy (non-hydrogen) atoms. The molecule has 0 radical (unpaired) electrons. The van der Waals surface area contributed by atoms with Gasteiger partial charge in [0, 0.05) is 37.0 Å². The van der Waals surface area contributed by atoms with Gasteiger partial charge in [-0.3, -0.25) is 9.59 Å². The summed E-state index contributed by atoms with van der Waals surface area (Å²) in [5.74, 6) is 0.278. The predicted molar refractivity (Wildman–Crippen MR) is 92.1 cm³/mol. The fraction of sp³-hybridized carbons (Fsp3) is 0.556. The largest absolute Gasteiger partial charge is 0.352 e. The van der Waals surface area contributed by atoms with E-state index in [-0.39, 0.29) is 17.7 Å². The first kappa shape index (κ1) is 17.8. The van der Waals surface area contributed by atoms with Crippen LogP contribution in [0.15, 0.2) is 24.3 Å². The topological polar surface area (TPSA) is 49.4 Å². The molecular weight excluding hydrogens is 312 g/mol. The minimum absolute atomic E-state index is 0.00675. The highest BCUT2D eigenvalue weighted by Gasteiger charge is 2.26. The predicted octanol–water partition coefficient (Wildman–Crippen LogP) is 3.39. The molecule has 0 bridgehead atoms. The van der Waals surface area contributed by atoms with Crippen molar-refractivity contribution in [1.82, 2.24) is 10.2 Å². The number of nitrogens with zero attached hydrogens (tertiary/aromatic N) is 1. The maximum absolute atomic E-state index is 12.3. The monoisotopic (exact) mass is 336 g/mol. The van der Waals surface area contributed by atoms with Gasteiger partial charge in [-0.1, -0.05) is 43.1 Å². The number of rotatable bonds is 6. The van der Waals surface area contributed by atoms with Crippen LogP contribution < -0.4 is 5.32 Å². The summed E-state index contributed by atoms with van der Waals surface area (Å²) < 4.78 is 0. The molecule has 0 spiro atoms. The van der Waals surface area contributed by atoms with E-state index in [1.165, 1.54) is 0 Å². The highest BCUT2D eigenvalue weighted by atomic mass is 35.5. The van der Waals surface area contributed by atoms with E-state index >= 15 is 0 Å². The van der Waals surface area contributed by atoms with Gasteiger partial charge in [0.1, 0.15) is 0 Å². The van der Waals surface area contributed by atoms with E-state index in [0.717, 1.165) is 31.2 Å². The number of likely N-dealkylation sites (tertiary alicyclic amines) is 1. The minimum Gasteiger partial charge on any atom is -0.352 e. The molecule has 1 aliphatic heterocycles. The Balaban J connectivity index is 1.75. The van der Waals surface area contributed by atoms with Gasteiger partial charge in [0.2, 0.25) is 11.8 Å². The smallest absolute Gasteiger partial charge is 0.223 e. The van der Waals surface area contributed by atoms with Gasteiger partial charge < -0.3 is 10.2 Å². The van der Waals surface area contributed by atoms with Crippen molar-refractivity contribution in [2.75, 3.05) is 13.1 Å². The number of halogens is 1. The molecule has 4 nitrogen and oxygen atoms in total. The Hall–Kier alpha value is -1.55. The van der Waals surface area contributed by atoms with E-state index in [1.807, 2.05) is 29.2 Å². The lowest BCUT2D eigenvalue weighted by Crippen LogP contribution is -2.42. The third-order valence-corrected chi connectivity index (χ3v) is 4.74. The van der Waals surface area contributed by atoms with Crippen molar-refractivity contribution < 1.29 is 9.59 Å². The summed E-state index contributed by atoms with van der Waals surface area (Å²) in [6, 6.07) is 7.52. The highest BCUT2D eigenvalue weighted by Crippen LogP contribution is 2.19. The molecule has 0 saturated carbocycles. The van der Waals surface area contributed by atoms with Crippen LogP contribution in [0.2, 0.25) is 5.02 Å². The van der Waals surface area contributed by atoms with E-state index in [9.17, 15) is 9.59 Å². The molecule has 1 heterocycles. The summed E-state index contributed by atoms with van der Waals surface area (Å²) in [6.45, 7) is 3.91. The average Bonchev–Trinajstić information content (AvgIpc) is 2.59. The number of hydrogen-bond donors (Lipinski definition) is 1.